The van der Waals surface area contributed by atoms with Crippen molar-refractivity contribution in [1.29, 1.82) is 0 Å². The molecule has 0 radical (unpaired) electrons. The lowest BCUT2D eigenvalue weighted by molar-refractivity contribution is -0.137. The molecule has 1 saturated heterocycles. The molecule has 0 aliphatic carbocycles. The third-order valence-corrected chi connectivity index (χ3v) is 4.56. The van der Waals surface area contributed by atoms with Crippen molar-refractivity contribution in [3.63, 3.8) is 0 Å². The third-order valence-electron chi connectivity index (χ3n) is 4.28. The molecule has 1 amide bonds. The third kappa shape index (κ3) is 5.74. The molecule has 9 heteroatoms. The van der Waals surface area contributed by atoms with E-state index < -0.39 is 11.7 Å². The van der Waals surface area contributed by atoms with Gasteiger partial charge in [0, 0.05) is 45.0 Å². The summed E-state index contributed by atoms with van der Waals surface area (Å²) in [6.07, 6.45) is -1.70. The molecule has 0 atom stereocenters. The van der Waals surface area contributed by atoms with E-state index in [1.54, 1.807) is 0 Å². The van der Waals surface area contributed by atoms with Gasteiger partial charge in [0.05, 0.1) is 10.6 Å². The molecule has 0 bridgehead atoms. The summed E-state index contributed by atoms with van der Waals surface area (Å²) in [4.78, 5) is 17.9. The van der Waals surface area contributed by atoms with E-state index in [0.717, 1.165) is 18.7 Å². The molecular formula is C17H23ClF3N3O2. The number of aromatic nitrogens is 1. The average molecular weight is 394 g/mol. The molecule has 146 valence electrons. The highest BCUT2D eigenvalue weighted by Gasteiger charge is 2.32. The first-order chi connectivity index (χ1) is 12.3. The molecule has 0 unspecified atom stereocenters. The average Bonchev–Trinajstić information content (AvgIpc) is 2.60. The van der Waals surface area contributed by atoms with Crippen LogP contribution >= 0.6 is 11.6 Å². The molecule has 26 heavy (non-hydrogen) atoms. The number of pyridine rings is 1. The van der Waals surface area contributed by atoms with Gasteiger partial charge in [-0.15, -0.1) is 0 Å². The highest BCUT2D eigenvalue weighted by molar-refractivity contribution is 6.33. The molecule has 1 fully saturated rings. The molecule has 1 aromatic rings. The number of anilines is 1. The summed E-state index contributed by atoms with van der Waals surface area (Å²) in [7, 11) is 0. The number of carbonyl (C=O) groups is 1. The van der Waals surface area contributed by atoms with Crippen molar-refractivity contribution >= 4 is 23.3 Å². The molecule has 0 saturated carbocycles. The molecule has 1 aromatic heterocycles. The minimum Gasteiger partial charge on any atom is -0.382 e. The van der Waals surface area contributed by atoms with Gasteiger partial charge in [-0.1, -0.05) is 11.6 Å². The van der Waals surface area contributed by atoms with E-state index in [9.17, 15) is 18.0 Å². The summed E-state index contributed by atoms with van der Waals surface area (Å²) in [5, 5.41) is 2.87. The zero-order chi connectivity index (χ0) is 19.2. The summed E-state index contributed by atoms with van der Waals surface area (Å²) in [6.45, 7) is 4.82. The van der Waals surface area contributed by atoms with Crippen LogP contribution in [0.2, 0.25) is 5.02 Å². The molecule has 2 rings (SSSR count). The lowest BCUT2D eigenvalue weighted by Gasteiger charge is -2.32. The summed E-state index contributed by atoms with van der Waals surface area (Å²) < 4.78 is 43.3. The van der Waals surface area contributed by atoms with Crippen molar-refractivity contribution in [2.75, 3.05) is 37.7 Å². The fourth-order valence-electron chi connectivity index (χ4n) is 2.85. The number of halogens is 4. The van der Waals surface area contributed by atoms with Crippen LogP contribution < -0.4 is 10.2 Å². The molecular weight excluding hydrogens is 371 g/mol. The van der Waals surface area contributed by atoms with Crippen molar-refractivity contribution in [3.05, 3.63) is 22.8 Å². The van der Waals surface area contributed by atoms with Gasteiger partial charge in [-0.2, -0.15) is 13.2 Å². The largest absolute Gasteiger partial charge is 0.417 e. The molecule has 1 aliphatic rings. The van der Waals surface area contributed by atoms with Gasteiger partial charge in [0.1, 0.15) is 5.82 Å². The summed E-state index contributed by atoms with van der Waals surface area (Å²) >= 11 is 5.98. The Morgan fingerprint density at radius 1 is 1.42 bits per heavy atom. The van der Waals surface area contributed by atoms with Crippen molar-refractivity contribution in [2.24, 2.45) is 5.92 Å². The Kier molecular flexibility index (Phi) is 7.52. The Morgan fingerprint density at radius 2 is 2.12 bits per heavy atom. The van der Waals surface area contributed by atoms with Gasteiger partial charge in [0.25, 0.3) is 0 Å². The number of nitrogens with zero attached hydrogens (tertiary/aromatic N) is 2. The predicted octanol–water partition coefficient (Wildman–Crippen LogP) is 3.51. The zero-order valence-electron chi connectivity index (χ0n) is 14.6. The number of carbonyl (C=O) groups excluding carboxylic acids is 1. The number of ether oxygens (including phenoxy) is 1. The smallest absolute Gasteiger partial charge is 0.382 e. The van der Waals surface area contributed by atoms with Crippen LogP contribution in [-0.2, 0) is 15.7 Å². The van der Waals surface area contributed by atoms with Crippen molar-refractivity contribution in [1.82, 2.24) is 10.3 Å². The molecule has 2 heterocycles. The van der Waals surface area contributed by atoms with E-state index in [2.05, 4.69) is 10.3 Å². The highest BCUT2D eigenvalue weighted by Crippen LogP contribution is 2.34. The summed E-state index contributed by atoms with van der Waals surface area (Å²) in [6, 6.07) is 0.890. The van der Waals surface area contributed by atoms with Crippen LogP contribution in [0.5, 0.6) is 0 Å². The number of amides is 1. The van der Waals surface area contributed by atoms with Crippen LogP contribution in [0.3, 0.4) is 0 Å². The Labute approximate surface area is 155 Å². The monoisotopic (exact) mass is 393 g/mol. The number of rotatable bonds is 7. The maximum Gasteiger partial charge on any atom is 0.417 e. The van der Waals surface area contributed by atoms with Crippen LogP contribution in [0.1, 0.15) is 31.7 Å². The van der Waals surface area contributed by atoms with Gasteiger partial charge >= 0.3 is 6.18 Å². The van der Waals surface area contributed by atoms with Crippen LogP contribution in [0.15, 0.2) is 12.3 Å². The minimum absolute atomic E-state index is 0.00706. The Hall–Kier alpha value is -1.54. The number of hydrogen-bond donors (Lipinski definition) is 1. The van der Waals surface area contributed by atoms with Crippen molar-refractivity contribution < 1.29 is 22.7 Å². The van der Waals surface area contributed by atoms with E-state index in [-0.39, 0.29) is 16.8 Å². The maximum atomic E-state index is 12.7. The predicted molar refractivity (Wildman–Crippen MR) is 93.3 cm³/mol. The van der Waals surface area contributed by atoms with E-state index in [1.165, 1.54) is 0 Å². The van der Waals surface area contributed by atoms with Crippen molar-refractivity contribution in [2.45, 2.75) is 32.4 Å². The van der Waals surface area contributed by atoms with Gasteiger partial charge in [0.15, 0.2) is 0 Å². The SMILES string of the molecule is CCOCCCNC(=O)C1CCN(c2ncc(C(F)(F)F)cc2Cl)CC1. The molecule has 0 aromatic carbocycles. The Bertz CT molecular complexity index is 605. The molecule has 5 nitrogen and oxygen atoms in total. The van der Waals surface area contributed by atoms with Crippen LogP contribution in [-0.4, -0.2) is 43.7 Å². The number of piperidine rings is 1. The summed E-state index contributed by atoms with van der Waals surface area (Å²) in [5.74, 6) is 0.231. The lowest BCUT2D eigenvalue weighted by Crippen LogP contribution is -2.41. The molecule has 1 aliphatic heterocycles. The van der Waals surface area contributed by atoms with Gasteiger partial charge in [-0.05, 0) is 32.3 Å². The second-order valence-electron chi connectivity index (χ2n) is 6.13. The van der Waals surface area contributed by atoms with E-state index in [4.69, 9.17) is 16.3 Å². The quantitative estimate of drug-likeness (QED) is 0.720. The first-order valence-corrected chi connectivity index (χ1v) is 9.04. The first kappa shape index (κ1) is 20.8. The number of nitrogens with one attached hydrogen (secondary N) is 1. The standard InChI is InChI=1S/C17H23ClF3N3O2/c1-2-26-9-3-6-22-16(25)12-4-7-24(8-5-12)15-14(18)10-13(11-23-15)17(19,20)21/h10-12H,2-9H2,1H3,(H,22,25). The minimum atomic E-state index is -4.47. The topological polar surface area (TPSA) is 54.5 Å². The summed E-state index contributed by atoms with van der Waals surface area (Å²) in [5.41, 5.74) is -0.868. The van der Waals surface area contributed by atoms with E-state index in [0.29, 0.717) is 51.5 Å². The number of hydrogen-bond acceptors (Lipinski definition) is 4. The fourth-order valence-corrected chi connectivity index (χ4v) is 3.13. The van der Waals surface area contributed by atoms with Crippen LogP contribution in [0.25, 0.3) is 0 Å². The van der Waals surface area contributed by atoms with Gasteiger partial charge in [-0.3, -0.25) is 4.79 Å². The van der Waals surface area contributed by atoms with E-state index in [1.807, 2.05) is 11.8 Å². The molecule has 1 N–H and O–H groups in total. The second kappa shape index (κ2) is 9.41. The van der Waals surface area contributed by atoms with E-state index >= 15 is 0 Å². The fraction of sp³-hybridized carbons (Fsp3) is 0.647. The maximum absolute atomic E-state index is 12.7. The first-order valence-electron chi connectivity index (χ1n) is 8.66. The second-order valence-corrected chi connectivity index (χ2v) is 6.54. The molecule has 0 spiro atoms. The van der Waals surface area contributed by atoms with Crippen molar-refractivity contribution in [3.8, 4) is 0 Å². The van der Waals surface area contributed by atoms with Gasteiger partial charge in [-0.25, -0.2) is 4.98 Å². The highest BCUT2D eigenvalue weighted by atomic mass is 35.5. The Balaban J connectivity index is 1.83. The number of alkyl halides is 3. The van der Waals surface area contributed by atoms with Crippen LogP contribution in [0.4, 0.5) is 19.0 Å². The lowest BCUT2D eigenvalue weighted by atomic mass is 9.96. The van der Waals surface area contributed by atoms with Gasteiger partial charge in [0.2, 0.25) is 5.91 Å². The van der Waals surface area contributed by atoms with Gasteiger partial charge < -0.3 is 15.0 Å². The normalized spacial score (nSPS) is 16.0. The van der Waals surface area contributed by atoms with Crippen LogP contribution in [0, 0.1) is 5.92 Å². The Morgan fingerprint density at radius 3 is 2.69 bits per heavy atom. The zero-order valence-corrected chi connectivity index (χ0v) is 15.4.